The van der Waals surface area contributed by atoms with Gasteiger partial charge in [-0.25, -0.2) is 0 Å². The number of para-hydroxylation sites is 1. The van der Waals surface area contributed by atoms with E-state index in [1.807, 2.05) is 37.3 Å². The van der Waals surface area contributed by atoms with Crippen LogP contribution in [0.4, 0.5) is 0 Å². The van der Waals surface area contributed by atoms with Crippen LogP contribution in [0, 0.1) is 6.92 Å². The molecule has 1 aliphatic rings. The Balaban J connectivity index is 1.60. The molecule has 0 radical (unpaired) electrons. The zero-order valence-electron chi connectivity index (χ0n) is 12.8. The van der Waals surface area contributed by atoms with Gasteiger partial charge in [-0.05, 0) is 36.8 Å². The molecule has 1 atom stereocenters. The van der Waals surface area contributed by atoms with Crippen LogP contribution in [0.25, 0.3) is 0 Å². The molecule has 1 N–H and O–H groups in total. The van der Waals surface area contributed by atoms with Gasteiger partial charge in [0.1, 0.15) is 11.5 Å². The first kappa shape index (κ1) is 15.7. The number of carbonyl (C=O) groups is 1. The van der Waals surface area contributed by atoms with E-state index in [0.717, 1.165) is 23.3 Å². The summed E-state index contributed by atoms with van der Waals surface area (Å²) in [6.45, 7) is 2.47. The molecule has 1 aliphatic heterocycles. The van der Waals surface area contributed by atoms with Gasteiger partial charge in [0.05, 0.1) is 12.6 Å². The van der Waals surface area contributed by atoms with Gasteiger partial charge in [0.15, 0.2) is 6.61 Å². The van der Waals surface area contributed by atoms with E-state index in [0.29, 0.717) is 17.4 Å². The second-order valence-electron chi connectivity index (χ2n) is 5.49. The lowest BCUT2D eigenvalue weighted by Crippen LogP contribution is -2.35. The third kappa shape index (κ3) is 3.77. The number of hydrogen-bond donors (Lipinski definition) is 1. The summed E-state index contributed by atoms with van der Waals surface area (Å²) in [5, 5.41) is 3.66. The molecule has 3 rings (SSSR count). The zero-order chi connectivity index (χ0) is 16.2. The van der Waals surface area contributed by atoms with Crippen molar-refractivity contribution in [3.8, 4) is 11.5 Å². The molecule has 0 unspecified atom stereocenters. The summed E-state index contributed by atoms with van der Waals surface area (Å²) < 4.78 is 11.2. The zero-order valence-corrected chi connectivity index (χ0v) is 13.6. The third-order valence-electron chi connectivity index (χ3n) is 3.79. The molecule has 2 aromatic rings. The Bertz CT molecular complexity index is 717. The van der Waals surface area contributed by atoms with Crippen molar-refractivity contribution in [3.63, 3.8) is 0 Å². The molecule has 0 saturated heterocycles. The van der Waals surface area contributed by atoms with Gasteiger partial charge in [0.25, 0.3) is 5.91 Å². The van der Waals surface area contributed by atoms with E-state index >= 15 is 0 Å². The Hall–Kier alpha value is -2.20. The number of amides is 1. The maximum absolute atomic E-state index is 12.2. The number of ether oxygens (including phenoxy) is 2. The molecule has 23 heavy (non-hydrogen) atoms. The molecular formula is C18H18ClNO3. The highest BCUT2D eigenvalue weighted by Gasteiger charge is 2.22. The number of rotatable bonds is 4. The van der Waals surface area contributed by atoms with Gasteiger partial charge in [-0.1, -0.05) is 29.8 Å². The molecule has 2 aromatic carbocycles. The Morgan fingerprint density at radius 3 is 3.00 bits per heavy atom. The fraction of sp³-hybridized carbons (Fsp3) is 0.278. The molecule has 4 nitrogen and oxygen atoms in total. The highest BCUT2D eigenvalue weighted by molar-refractivity contribution is 6.30. The lowest BCUT2D eigenvalue weighted by molar-refractivity contribution is -0.124. The highest BCUT2D eigenvalue weighted by Crippen LogP contribution is 2.31. The van der Waals surface area contributed by atoms with Crippen LogP contribution in [0.2, 0.25) is 5.02 Å². The summed E-state index contributed by atoms with van der Waals surface area (Å²) in [5.74, 6) is 1.34. The van der Waals surface area contributed by atoms with E-state index in [1.165, 1.54) is 0 Å². The Morgan fingerprint density at radius 2 is 2.17 bits per heavy atom. The molecule has 0 aromatic heterocycles. The van der Waals surface area contributed by atoms with Crippen molar-refractivity contribution in [1.29, 1.82) is 0 Å². The van der Waals surface area contributed by atoms with Crippen LogP contribution in [0.5, 0.6) is 11.5 Å². The van der Waals surface area contributed by atoms with Crippen molar-refractivity contribution < 1.29 is 14.3 Å². The van der Waals surface area contributed by atoms with Crippen LogP contribution in [0.1, 0.15) is 23.6 Å². The molecule has 0 bridgehead atoms. The predicted octanol–water partition coefficient (Wildman–Crippen LogP) is 3.67. The molecule has 1 heterocycles. The molecule has 0 spiro atoms. The van der Waals surface area contributed by atoms with Crippen molar-refractivity contribution in [2.45, 2.75) is 19.4 Å². The highest BCUT2D eigenvalue weighted by atomic mass is 35.5. The van der Waals surface area contributed by atoms with Crippen molar-refractivity contribution in [2.24, 2.45) is 0 Å². The van der Waals surface area contributed by atoms with E-state index in [2.05, 4.69) is 5.32 Å². The van der Waals surface area contributed by atoms with E-state index < -0.39 is 0 Å². The van der Waals surface area contributed by atoms with Crippen molar-refractivity contribution >= 4 is 17.5 Å². The molecule has 0 aliphatic carbocycles. The van der Waals surface area contributed by atoms with Crippen LogP contribution in [-0.2, 0) is 4.79 Å². The van der Waals surface area contributed by atoms with Crippen LogP contribution in [-0.4, -0.2) is 19.1 Å². The minimum atomic E-state index is -0.152. The average Bonchev–Trinajstić information content (AvgIpc) is 2.54. The SMILES string of the molecule is Cc1cc(Cl)ccc1OCC(=O)N[C@H]1CCOc2ccccc21. The second kappa shape index (κ2) is 6.92. The lowest BCUT2D eigenvalue weighted by Gasteiger charge is -2.26. The van der Waals surface area contributed by atoms with Crippen LogP contribution < -0.4 is 14.8 Å². The largest absolute Gasteiger partial charge is 0.493 e. The number of aryl methyl sites for hydroxylation is 1. The normalized spacial score (nSPS) is 16.2. The topological polar surface area (TPSA) is 47.6 Å². The molecule has 5 heteroatoms. The smallest absolute Gasteiger partial charge is 0.258 e. The summed E-state index contributed by atoms with van der Waals surface area (Å²) in [5.41, 5.74) is 1.91. The van der Waals surface area contributed by atoms with Gasteiger partial charge in [-0.2, -0.15) is 0 Å². The maximum Gasteiger partial charge on any atom is 0.258 e. The van der Waals surface area contributed by atoms with Gasteiger partial charge in [0.2, 0.25) is 0 Å². The van der Waals surface area contributed by atoms with Gasteiger partial charge in [-0.15, -0.1) is 0 Å². The van der Waals surface area contributed by atoms with E-state index in [-0.39, 0.29) is 18.6 Å². The first-order valence-corrected chi connectivity index (χ1v) is 7.91. The monoisotopic (exact) mass is 331 g/mol. The summed E-state index contributed by atoms with van der Waals surface area (Å²) in [6, 6.07) is 13.1. The predicted molar refractivity (Wildman–Crippen MR) is 89.1 cm³/mol. The molecular weight excluding hydrogens is 314 g/mol. The number of fused-ring (bicyclic) bond motifs is 1. The number of halogens is 1. The van der Waals surface area contributed by atoms with E-state index in [1.54, 1.807) is 12.1 Å². The van der Waals surface area contributed by atoms with Gasteiger partial charge in [-0.3, -0.25) is 4.79 Å². The third-order valence-corrected chi connectivity index (χ3v) is 4.02. The molecule has 0 fully saturated rings. The minimum absolute atomic E-state index is 0.0258. The fourth-order valence-electron chi connectivity index (χ4n) is 2.65. The summed E-state index contributed by atoms with van der Waals surface area (Å²) >= 11 is 5.91. The molecule has 1 amide bonds. The van der Waals surface area contributed by atoms with E-state index in [9.17, 15) is 4.79 Å². The summed E-state index contributed by atoms with van der Waals surface area (Å²) in [4.78, 5) is 12.2. The van der Waals surface area contributed by atoms with Crippen molar-refractivity contribution in [1.82, 2.24) is 5.32 Å². The Kier molecular flexibility index (Phi) is 4.72. The van der Waals surface area contributed by atoms with Gasteiger partial charge >= 0.3 is 0 Å². The second-order valence-corrected chi connectivity index (χ2v) is 5.93. The first-order valence-electron chi connectivity index (χ1n) is 7.53. The van der Waals surface area contributed by atoms with E-state index in [4.69, 9.17) is 21.1 Å². The van der Waals surface area contributed by atoms with Crippen molar-refractivity contribution in [2.75, 3.05) is 13.2 Å². The Labute approximate surface area is 140 Å². The molecule has 120 valence electrons. The van der Waals surface area contributed by atoms with Gasteiger partial charge in [0, 0.05) is 17.0 Å². The van der Waals surface area contributed by atoms with Crippen LogP contribution >= 0.6 is 11.6 Å². The average molecular weight is 332 g/mol. The number of carbonyl (C=O) groups excluding carboxylic acids is 1. The minimum Gasteiger partial charge on any atom is -0.493 e. The summed E-state index contributed by atoms with van der Waals surface area (Å²) in [7, 11) is 0. The van der Waals surface area contributed by atoms with Crippen molar-refractivity contribution in [3.05, 3.63) is 58.6 Å². The fourth-order valence-corrected chi connectivity index (χ4v) is 2.87. The maximum atomic E-state index is 12.2. The molecule has 0 saturated carbocycles. The lowest BCUT2D eigenvalue weighted by atomic mass is 10.0. The summed E-state index contributed by atoms with van der Waals surface area (Å²) in [6.07, 6.45) is 0.753. The van der Waals surface area contributed by atoms with Crippen LogP contribution in [0.3, 0.4) is 0 Å². The quantitative estimate of drug-likeness (QED) is 0.930. The first-order chi connectivity index (χ1) is 11.1. The number of hydrogen-bond acceptors (Lipinski definition) is 3. The van der Waals surface area contributed by atoms with Gasteiger partial charge < -0.3 is 14.8 Å². The standard InChI is InChI=1S/C18H18ClNO3/c1-12-10-13(19)6-7-16(12)23-11-18(21)20-15-8-9-22-17-5-3-2-4-14(15)17/h2-7,10,15H,8-9,11H2,1H3,(H,20,21)/t15-/m0/s1. The number of nitrogens with one attached hydrogen (secondary N) is 1. The Morgan fingerprint density at radius 1 is 1.35 bits per heavy atom. The van der Waals surface area contributed by atoms with Crippen LogP contribution in [0.15, 0.2) is 42.5 Å². The number of benzene rings is 2.